The molecule has 1 aromatic rings. The Balaban J connectivity index is 1.59. The van der Waals surface area contributed by atoms with E-state index in [-0.39, 0.29) is 29.6 Å². The second-order valence-electron chi connectivity index (χ2n) is 12.1. The van der Waals surface area contributed by atoms with Gasteiger partial charge >= 0.3 is 0 Å². The third-order valence-electron chi connectivity index (χ3n) is 9.89. The Morgan fingerprint density at radius 3 is 2.45 bits per heavy atom. The molecular weight excluding hydrogens is 494 g/mol. The van der Waals surface area contributed by atoms with Crippen LogP contribution in [-0.4, -0.2) is 42.9 Å². The number of aryl methyl sites for hydroxylation is 2. The first-order valence-corrected chi connectivity index (χ1v) is 15.1. The molecule has 4 unspecified atom stereocenters. The summed E-state index contributed by atoms with van der Waals surface area (Å²) in [6.45, 7) is 18.3. The highest BCUT2D eigenvalue weighted by Crippen LogP contribution is 2.45. The number of fused-ring (bicyclic) bond motifs is 1. The average molecular weight is 540 g/mol. The lowest BCUT2D eigenvalue weighted by Gasteiger charge is -2.35. The number of hydrogen-bond acceptors (Lipinski definition) is 3. The molecule has 5 rings (SSSR count). The molecule has 0 spiro atoms. The van der Waals surface area contributed by atoms with Crippen molar-refractivity contribution in [2.24, 2.45) is 17.8 Å². The van der Waals surface area contributed by atoms with Crippen molar-refractivity contribution in [3.8, 4) is 0 Å². The number of rotatable bonds is 5. The van der Waals surface area contributed by atoms with Gasteiger partial charge in [0.05, 0.1) is 0 Å². The van der Waals surface area contributed by atoms with E-state index < -0.39 is 0 Å². The van der Waals surface area contributed by atoms with Crippen LogP contribution < -0.4 is 10.6 Å². The predicted octanol–water partition coefficient (Wildman–Crippen LogP) is 5.90. The highest BCUT2D eigenvalue weighted by atomic mass is 16.2. The lowest BCUT2D eigenvalue weighted by atomic mass is 9.72. The molecule has 2 amide bonds. The molecule has 212 valence electrons. The molecule has 4 aliphatic rings. The zero-order valence-corrected chi connectivity index (χ0v) is 25.3. The fourth-order valence-corrected chi connectivity index (χ4v) is 6.96. The van der Waals surface area contributed by atoms with E-state index in [4.69, 9.17) is 0 Å². The van der Waals surface area contributed by atoms with Gasteiger partial charge in [0.1, 0.15) is 0 Å². The molecule has 4 atom stereocenters. The fourth-order valence-electron chi connectivity index (χ4n) is 6.96. The number of carbonyl (C=O) groups excluding carboxylic acids is 2. The van der Waals surface area contributed by atoms with Crippen LogP contribution in [0, 0.1) is 24.7 Å². The molecule has 2 N–H and O–H groups in total. The molecule has 0 bridgehead atoms. The Morgan fingerprint density at radius 1 is 1.05 bits per heavy atom. The van der Waals surface area contributed by atoms with E-state index >= 15 is 0 Å². The van der Waals surface area contributed by atoms with Crippen LogP contribution in [0.15, 0.2) is 75.6 Å². The number of hydrogen-bond donors (Lipinski definition) is 2. The third kappa shape index (κ3) is 4.94. The minimum absolute atomic E-state index is 0.0477. The molecule has 2 aliphatic carbocycles. The molecule has 0 radical (unpaired) electrons. The molecule has 5 nitrogen and oxygen atoms in total. The zero-order valence-electron chi connectivity index (χ0n) is 25.3. The number of benzene rings is 1. The summed E-state index contributed by atoms with van der Waals surface area (Å²) in [6, 6.07) is 6.81. The van der Waals surface area contributed by atoms with Crippen molar-refractivity contribution in [3.05, 3.63) is 92.3 Å². The average Bonchev–Trinajstić information content (AvgIpc) is 3.27. The van der Waals surface area contributed by atoms with E-state index in [0.717, 1.165) is 78.2 Å². The Morgan fingerprint density at radius 2 is 1.77 bits per heavy atom. The maximum Gasteiger partial charge on any atom is 0.256 e. The van der Waals surface area contributed by atoms with Crippen LogP contribution in [0.5, 0.6) is 0 Å². The molecule has 40 heavy (non-hydrogen) atoms. The van der Waals surface area contributed by atoms with E-state index in [1.54, 1.807) is 0 Å². The Hall–Kier alpha value is -3.18. The van der Waals surface area contributed by atoms with Gasteiger partial charge in [0, 0.05) is 54.5 Å². The van der Waals surface area contributed by atoms with Gasteiger partial charge in [0.25, 0.3) is 11.8 Å². The van der Waals surface area contributed by atoms with Gasteiger partial charge < -0.3 is 15.5 Å². The quantitative estimate of drug-likeness (QED) is 0.458. The zero-order chi connectivity index (χ0) is 28.7. The van der Waals surface area contributed by atoms with Gasteiger partial charge in [0.2, 0.25) is 0 Å². The van der Waals surface area contributed by atoms with Crippen LogP contribution in [0.3, 0.4) is 0 Å². The summed E-state index contributed by atoms with van der Waals surface area (Å²) in [5.74, 6) is 1.04. The second-order valence-corrected chi connectivity index (χ2v) is 12.1. The van der Waals surface area contributed by atoms with Crippen molar-refractivity contribution in [1.29, 1.82) is 0 Å². The first-order valence-electron chi connectivity index (χ1n) is 15.1. The normalized spacial score (nSPS) is 28.0. The van der Waals surface area contributed by atoms with Crippen LogP contribution in [-0.2, 0) is 16.0 Å². The van der Waals surface area contributed by atoms with Crippen LogP contribution in [0.4, 0.5) is 0 Å². The highest BCUT2D eigenvalue weighted by molar-refractivity contribution is 6.06. The van der Waals surface area contributed by atoms with Crippen molar-refractivity contribution in [3.63, 3.8) is 0 Å². The van der Waals surface area contributed by atoms with E-state index in [0.29, 0.717) is 5.92 Å². The van der Waals surface area contributed by atoms with Crippen molar-refractivity contribution in [2.45, 2.75) is 67.2 Å². The number of piperazine rings is 1. The van der Waals surface area contributed by atoms with Crippen LogP contribution in [0.1, 0.15) is 70.6 Å². The summed E-state index contributed by atoms with van der Waals surface area (Å²) >= 11 is 0. The topological polar surface area (TPSA) is 61.4 Å². The number of allylic oxidation sites excluding steroid dienone is 6. The van der Waals surface area contributed by atoms with Gasteiger partial charge in [-0.15, -0.1) is 0 Å². The first-order chi connectivity index (χ1) is 19.2. The largest absolute Gasteiger partial charge is 0.336 e. The number of amides is 2. The van der Waals surface area contributed by atoms with Gasteiger partial charge in [-0.1, -0.05) is 63.6 Å². The maximum atomic E-state index is 13.7. The van der Waals surface area contributed by atoms with E-state index in [9.17, 15) is 9.59 Å². The standard InChI is InChI=1S/C35H45N3O2/c1-8-25-11-10-20(3)27(16-25)29-19-30-31(34(39)37-32(30)17-26(29)9-2)18-28-22(5)21(4)23(6)33(24(28)7)35(40)38-14-12-36-13-15-38/h10-11,16-19,21-22,26,29,36H,8-9,12-15H2,1-7H3,(H,37,39)/b31-18-. The summed E-state index contributed by atoms with van der Waals surface area (Å²) in [6.07, 6.45) is 8.70. The monoisotopic (exact) mass is 539 g/mol. The minimum Gasteiger partial charge on any atom is -0.336 e. The minimum atomic E-state index is -0.0477. The summed E-state index contributed by atoms with van der Waals surface area (Å²) < 4.78 is 0. The molecule has 0 saturated carbocycles. The number of nitrogens with zero attached hydrogens (tertiary/aromatic N) is 1. The van der Waals surface area contributed by atoms with E-state index in [1.807, 2.05) is 4.90 Å². The molecule has 2 fully saturated rings. The summed E-state index contributed by atoms with van der Waals surface area (Å²) in [5, 5.41) is 6.52. The van der Waals surface area contributed by atoms with Gasteiger partial charge in [0.15, 0.2) is 0 Å². The maximum absolute atomic E-state index is 13.7. The number of nitrogens with one attached hydrogen (secondary N) is 2. The summed E-state index contributed by atoms with van der Waals surface area (Å²) in [7, 11) is 0. The first kappa shape index (κ1) is 28.4. The van der Waals surface area contributed by atoms with Crippen LogP contribution in [0.25, 0.3) is 0 Å². The Bertz CT molecular complexity index is 1380. The van der Waals surface area contributed by atoms with Crippen molar-refractivity contribution in [2.75, 3.05) is 26.2 Å². The van der Waals surface area contributed by atoms with Gasteiger partial charge in [-0.2, -0.15) is 0 Å². The van der Waals surface area contributed by atoms with Crippen LogP contribution >= 0.6 is 0 Å². The molecule has 2 heterocycles. The van der Waals surface area contributed by atoms with Gasteiger partial charge in [-0.05, 0) is 85.3 Å². The molecule has 2 saturated heterocycles. The Kier molecular flexibility index (Phi) is 8.05. The van der Waals surface area contributed by atoms with E-state index in [1.165, 1.54) is 16.7 Å². The fraction of sp³-hybridized carbons (Fsp3) is 0.486. The summed E-state index contributed by atoms with van der Waals surface area (Å²) in [5.41, 5.74) is 10.7. The van der Waals surface area contributed by atoms with Crippen LogP contribution in [0.2, 0.25) is 0 Å². The van der Waals surface area contributed by atoms with Crippen molar-refractivity contribution < 1.29 is 9.59 Å². The lowest BCUT2D eigenvalue weighted by Crippen LogP contribution is -2.47. The SMILES string of the molecule is CCc1ccc(C)c(C2C=C3C(=CC2CC)NC(=O)/C3=C\C2=C(C)C(C(=O)N3CCNCC3)=C(C)C(C)C2C)c1. The van der Waals surface area contributed by atoms with Crippen molar-refractivity contribution in [1.82, 2.24) is 15.5 Å². The molecular formula is C35H45N3O2. The van der Waals surface area contributed by atoms with E-state index in [2.05, 4.69) is 95.5 Å². The molecule has 2 aliphatic heterocycles. The molecule has 1 aromatic carbocycles. The smallest absolute Gasteiger partial charge is 0.256 e. The second kappa shape index (κ2) is 11.4. The number of carbonyl (C=O) groups is 2. The Labute approximate surface area is 240 Å². The molecule has 5 heteroatoms. The van der Waals surface area contributed by atoms with Crippen molar-refractivity contribution >= 4 is 11.8 Å². The molecule has 0 aromatic heterocycles. The third-order valence-corrected chi connectivity index (χ3v) is 9.89. The predicted molar refractivity (Wildman–Crippen MR) is 163 cm³/mol. The summed E-state index contributed by atoms with van der Waals surface area (Å²) in [4.78, 5) is 29.2. The lowest BCUT2D eigenvalue weighted by molar-refractivity contribution is -0.127. The van der Waals surface area contributed by atoms with Gasteiger partial charge in [-0.25, -0.2) is 0 Å². The van der Waals surface area contributed by atoms with Gasteiger partial charge in [-0.3, -0.25) is 9.59 Å². The highest BCUT2D eigenvalue weighted by Gasteiger charge is 2.37.